The van der Waals surface area contributed by atoms with Crippen LogP contribution in [0.2, 0.25) is 0 Å². The number of unbranched alkanes of at least 4 members (excludes halogenated alkanes) is 1. The van der Waals surface area contributed by atoms with E-state index in [4.69, 9.17) is 5.73 Å². The van der Waals surface area contributed by atoms with Crippen LogP contribution in [0.15, 0.2) is 6.20 Å². The van der Waals surface area contributed by atoms with Gasteiger partial charge in [-0.15, -0.1) is 0 Å². The summed E-state index contributed by atoms with van der Waals surface area (Å²) in [5.41, 5.74) is 5.54. The van der Waals surface area contributed by atoms with Crippen LogP contribution >= 0.6 is 23.1 Å². The Balaban J connectivity index is 2.06. The molecule has 0 fully saturated rings. The number of rotatable bonds is 6. The largest absolute Gasteiger partial charge is 0.389 e. The van der Waals surface area contributed by atoms with Crippen molar-refractivity contribution in [2.45, 2.75) is 12.8 Å². The van der Waals surface area contributed by atoms with Gasteiger partial charge in [0.25, 0.3) is 0 Å². The normalized spacial score (nSPS) is 10.2. The van der Waals surface area contributed by atoms with Gasteiger partial charge in [-0.05, 0) is 24.9 Å². The molecule has 0 spiro atoms. The number of nitrogen functional groups attached to an aromatic ring is 1. The monoisotopic (exact) mass is 217 g/mol. The minimum atomic E-state index is 0.770. The van der Waals surface area contributed by atoms with E-state index in [0.29, 0.717) is 0 Å². The number of nitrogens with one attached hydrogen (secondary N) is 1. The van der Waals surface area contributed by atoms with Crippen LogP contribution in [0.4, 0.5) is 10.1 Å². The molecule has 0 aliphatic carbocycles. The van der Waals surface area contributed by atoms with Crippen LogP contribution in [0, 0.1) is 0 Å². The summed E-state index contributed by atoms with van der Waals surface area (Å²) in [6.45, 7) is 0.994. The van der Waals surface area contributed by atoms with Gasteiger partial charge in [-0.1, -0.05) is 11.3 Å². The Morgan fingerprint density at radius 3 is 3.08 bits per heavy atom. The molecule has 0 atom stereocenters. The molecular formula is C8H15N3S2. The third-order valence-corrected chi connectivity index (χ3v) is 3.06. The fraction of sp³-hybridized carbons (Fsp3) is 0.625. The molecule has 0 unspecified atom stereocenters. The lowest BCUT2D eigenvalue weighted by Gasteiger charge is -2.00. The van der Waals surface area contributed by atoms with E-state index in [1.54, 1.807) is 6.20 Å². The van der Waals surface area contributed by atoms with E-state index >= 15 is 0 Å². The molecule has 5 heteroatoms. The van der Waals surface area contributed by atoms with Crippen LogP contribution in [0.1, 0.15) is 12.8 Å². The maximum absolute atomic E-state index is 5.54. The minimum Gasteiger partial charge on any atom is -0.389 e. The molecule has 1 heterocycles. The highest BCUT2D eigenvalue weighted by Crippen LogP contribution is 2.19. The van der Waals surface area contributed by atoms with Crippen LogP contribution in [0.3, 0.4) is 0 Å². The van der Waals surface area contributed by atoms with Crippen molar-refractivity contribution in [1.82, 2.24) is 4.98 Å². The summed E-state index contributed by atoms with van der Waals surface area (Å²) in [7, 11) is 0. The number of nitrogens with zero attached hydrogens (tertiary/aromatic N) is 1. The first-order valence-electron chi connectivity index (χ1n) is 4.27. The van der Waals surface area contributed by atoms with Crippen molar-refractivity contribution in [2.75, 3.05) is 29.6 Å². The number of thiazole rings is 1. The van der Waals surface area contributed by atoms with E-state index < -0.39 is 0 Å². The summed E-state index contributed by atoms with van der Waals surface area (Å²) in [5, 5.41) is 4.94. The SMILES string of the molecule is CSCCCCNc1ncc(N)s1. The zero-order valence-electron chi connectivity index (χ0n) is 7.75. The average molecular weight is 217 g/mol. The zero-order valence-corrected chi connectivity index (χ0v) is 9.38. The van der Waals surface area contributed by atoms with Crippen molar-refractivity contribution in [2.24, 2.45) is 0 Å². The molecule has 3 N–H and O–H groups in total. The predicted molar refractivity (Wildman–Crippen MR) is 62.6 cm³/mol. The summed E-state index contributed by atoms with van der Waals surface area (Å²) in [5.74, 6) is 1.24. The maximum Gasteiger partial charge on any atom is 0.184 e. The van der Waals surface area contributed by atoms with Crippen LogP contribution in [-0.4, -0.2) is 23.5 Å². The second-order valence-electron chi connectivity index (χ2n) is 2.69. The van der Waals surface area contributed by atoms with Crippen LogP contribution in [0.5, 0.6) is 0 Å². The lowest BCUT2D eigenvalue weighted by molar-refractivity contribution is 0.842. The predicted octanol–water partition coefficient (Wildman–Crippen LogP) is 2.28. The Kier molecular flexibility index (Phi) is 5.00. The molecule has 0 radical (unpaired) electrons. The molecule has 1 aromatic heterocycles. The van der Waals surface area contributed by atoms with Gasteiger partial charge in [-0.3, -0.25) is 0 Å². The van der Waals surface area contributed by atoms with E-state index in [1.165, 1.54) is 29.9 Å². The van der Waals surface area contributed by atoms with Gasteiger partial charge in [0.1, 0.15) is 5.00 Å². The smallest absolute Gasteiger partial charge is 0.184 e. The van der Waals surface area contributed by atoms with E-state index in [1.807, 2.05) is 11.8 Å². The summed E-state index contributed by atoms with van der Waals surface area (Å²) >= 11 is 3.39. The van der Waals surface area contributed by atoms with Crippen LogP contribution < -0.4 is 11.1 Å². The molecule has 0 saturated carbocycles. The summed E-state index contributed by atoms with van der Waals surface area (Å²) < 4.78 is 0. The molecule has 0 amide bonds. The number of aromatic nitrogens is 1. The maximum atomic E-state index is 5.54. The summed E-state index contributed by atoms with van der Waals surface area (Å²) in [4.78, 5) is 4.11. The Morgan fingerprint density at radius 1 is 1.62 bits per heavy atom. The Morgan fingerprint density at radius 2 is 2.46 bits per heavy atom. The van der Waals surface area contributed by atoms with E-state index in [2.05, 4.69) is 16.6 Å². The Hall–Kier alpha value is -0.420. The molecule has 0 saturated heterocycles. The van der Waals surface area contributed by atoms with Crippen LogP contribution in [0.25, 0.3) is 0 Å². The van der Waals surface area contributed by atoms with Crippen molar-refractivity contribution in [3.63, 3.8) is 0 Å². The van der Waals surface area contributed by atoms with Gasteiger partial charge in [0, 0.05) is 6.54 Å². The van der Waals surface area contributed by atoms with Crippen molar-refractivity contribution in [1.29, 1.82) is 0 Å². The van der Waals surface area contributed by atoms with Crippen molar-refractivity contribution in [3.8, 4) is 0 Å². The number of thioether (sulfide) groups is 1. The summed E-state index contributed by atoms with van der Waals surface area (Å²) in [6, 6.07) is 0. The van der Waals surface area contributed by atoms with Gasteiger partial charge in [0.05, 0.1) is 6.20 Å². The highest BCUT2D eigenvalue weighted by Gasteiger charge is 1.96. The van der Waals surface area contributed by atoms with E-state index in [0.717, 1.165) is 16.7 Å². The van der Waals surface area contributed by atoms with Crippen LogP contribution in [-0.2, 0) is 0 Å². The second-order valence-corrected chi connectivity index (χ2v) is 4.74. The lowest BCUT2D eigenvalue weighted by Crippen LogP contribution is -2.00. The molecule has 74 valence electrons. The molecule has 1 aromatic rings. The molecule has 0 aromatic carbocycles. The molecular weight excluding hydrogens is 202 g/mol. The molecule has 0 bridgehead atoms. The van der Waals surface area contributed by atoms with Gasteiger partial charge < -0.3 is 11.1 Å². The minimum absolute atomic E-state index is 0.770. The Labute approximate surface area is 87.1 Å². The topological polar surface area (TPSA) is 50.9 Å². The number of anilines is 2. The second kappa shape index (κ2) is 6.10. The highest BCUT2D eigenvalue weighted by atomic mass is 32.2. The number of hydrogen-bond donors (Lipinski definition) is 2. The lowest BCUT2D eigenvalue weighted by atomic mass is 10.3. The first-order valence-corrected chi connectivity index (χ1v) is 6.48. The first-order chi connectivity index (χ1) is 6.33. The molecule has 3 nitrogen and oxygen atoms in total. The number of hydrogen-bond acceptors (Lipinski definition) is 5. The first kappa shape index (κ1) is 10.7. The molecule has 0 aliphatic rings. The number of nitrogens with two attached hydrogens (primary N) is 1. The fourth-order valence-electron chi connectivity index (χ4n) is 0.935. The zero-order chi connectivity index (χ0) is 9.52. The van der Waals surface area contributed by atoms with Gasteiger partial charge >= 0.3 is 0 Å². The van der Waals surface area contributed by atoms with E-state index in [9.17, 15) is 0 Å². The summed E-state index contributed by atoms with van der Waals surface area (Å²) in [6.07, 6.45) is 6.28. The standard InChI is InChI=1S/C8H15N3S2/c1-12-5-3-2-4-10-8-11-6-7(9)13-8/h6H,2-5,9H2,1H3,(H,10,11). The van der Waals surface area contributed by atoms with Gasteiger partial charge in [0.15, 0.2) is 5.13 Å². The highest BCUT2D eigenvalue weighted by molar-refractivity contribution is 7.98. The molecule has 0 aliphatic heterocycles. The Bertz CT molecular complexity index is 237. The van der Waals surface area contributed by atoms with Crippen molar-refractivity contribution >= 4 is 33.2 Å². The fourth-order valence-corrected chi connectivity index (χ4v) is 2.04. The van der Waals surface area contributed by atoms with E-state index in [-0.39, 0.29) is 0 Å². The third-order valence-electron chi connectivity index (χ3n) is 1.58. The van der Waals surface area contributed by atoms with Gasteiger partial charge in [-0.2, -0.15) is 11.8 Å². The molecule has 13 heavy (non-hydrogen) atoms. The van der Waals surface area contributed by atoms with Gasteiger partial charge in [-0.25, -0.2) is 4.98 Å². The van der Waals surface area contributed by atoms with Crippen molar-refractivity contribution < 1.29 is 0 Å². The average Bonchev–Trinajstić information content (AvgIpc) is 2.51. The quantitative estimate of drug-likeness (QED) is 0.718. The third kappa shape index (κ3) is 4.38. The van der Waals surface area contributed by atoms with Gasteiger partial charge in [0.2, 0.25) is 0 Å². The molecule has 1 rings (SSSR count). The van der Waals surface area contributed by atoms with Crippen molar-refractivity contribution in [3.05, 3.63) is 6.20 Å².